The van der Waals surface area contributed by atoms with Gasteiger partial charge in [-0.1, -0.05) is 6.42 Å². The highest BCUT2D eigenvalue weighted by molar-refractivity contribution is 5.53. The predicted octanol–water partition coefficient (Wildman–Crippen LogP) is 1.69. The van der Waals surface area contributed by atoms with E-state index in [0.717, 1.165) is 24.6 Å². The van der Waals surface area contributed by atoms with Crippen LogP contribution >= 0.6 is 0 Å². The van der Waals surface area contributed by atoms with Crippen molar-refractivity contribution in [1.82, 2.24) is 14.9 Å². The zero-order chi connectivity index (χ0) is 15.5. The van der Waals surface area contributed by atoms with E-state index in [1.54, 1.807) is 0 Å². The number of anilines is 2. The monoisotopic (exact) mass is 300 g/mol. The Morgan fingerprint density at radius 2 is 1.77 bits per heavy atom. The lowest BCUT2D eigenvalue weighted by atomic mass is 10.00. The molecule has 118 valence electrons. The molecule has 2 aliphatic rings. The molecule has 1 aromatic heterocycles. The molecule has 0 saturated carbocycles. The molecule has 3 rings (SSSR count). The van der Waals surface area contributed by atoms with Crippen molar-refractivity contribution in [2.45, 2.75) is 45.1 Å². The van der Waals surface area contributed by atoms with Gasteiger partial charge >= 0.3 is 0 Å². The summed E-state index contributed by atoms with van der Waals surface area (Å²) >= 11 is 0. The summed E-state index contributed by atoms with van der Waals surface area (Å²) in [6, 6.07) is 2.70. The molecule has 2 aliphatic heterocycles. The fourth-order valence-corrected chi connectivity index (χ4v) is 3.63. The van der Waals surface area contributed by atoms with Crippen LogP contribution in [0.25, 0.3) is 0 Å². The van der Waals surface area contributed by atoms with Crippen LogP contribution in [0, 0.1) is 18.3 Å². The highest BCUT2D eigenvalue weighted by Crippen LogP contribution is 2.26. The third kappa shape index (κ3) is 3.00. The summed E-state index contributed by atoms with van der Waals surface area (Å²) in [4.78, 5) is 13.6. The topological polar surface area (TPSA) is 82.1 Å². The number of aryl methyl sites for hydroxylation is 1. The van der Waals surface area contributed by atoms with E-state index in [2.05, 4.69) is 19.8 Å². The Morgan fingerprint density at radius 3 is 2.41 bits per heavy atom. The van der Waals surface area contributed by atoms with Crippen LogP contribution in [0.5, 0.6) is 0 Å². The van der Waals surface area contributed by atoms with Crippen molar-refractivity contribution in [1.29, 1.82) is 5.26 Å². The van der Waals surface area contributed by atoms with Crippen molar-refractivity contribution in [3.63, 3.8) is 0 Å². The maximum atomic E-state index is 8.97. The van der Waals surface area contributed by atoms with Gasteiger partial charge in [-0.25, -0.2) is 9.97 Å². The highest BCUT2D eigenvalue weighted by atomic mass is 15.2. The molecule has 0 aromatic carbocycles. The van der Waals surface area contributed by atoms with Crippen LogP contribution in [0.15, 0.2) is 0 Å². The van der Waals surface area contributed by atoms with E-state index in [1.807, 2.05) is 13.0 Å². The van der Waals surface area contributed by atoms with E-state index in [1.165, 1.54) is 45.2 Å². The number of rotatable bonds is 2. The van der Waals surface area contributed by atoms with Gasteiger partial charge in [-0.15, -0.1) is 0 Å². The minimum absolute atomic E-state index is 0.226. The standard InChI is InChI=1S/C16H24N6/c1-12-16(20-15(18)14(11-17)19-12)22-9-5-13(6-10-22)21-7-3-2-4-8-21/h13H,2-10H2,1H3,(H2,18,20). The first-order valence-electron chi connectivity index (χ1n) is 8.22. The molecule has 0 radical (unpaired) electrons. The Kier molecular flexibility index (Phi) is 4.44. The van der Waals surface area contributed by atoms with Gasteiger partial charge in [0.25, 0.3) is 0 Å². The fourth-order valence-electron chi connectivity index (χ4n) is 3.63. The Labute approximate surface area is 131 Å². The van der Waals surface area contributed by atoms with Crippen molar-refractivity contribution in [2.24, 2.45) is 0 Å². The Balaban J connectivity index is 1.66. The normalized spacial score (nSPS) is 20.8. The molecule has 2 N–H and O–H groups in total. The minimum Gasteiger partial charge on any atom is -0.381 e. The molecule has 2 saturated heterocycles. The number of likely N-dealkylation sites (tertiary alicyclic amines) is 1. The lowest BCUT2D eigenvalue weighted by molar-refractivity contribution is 0.141. The number of piperidine rings is 2. The first-order chi connectivity index (χ1) is 10.7. The second-order valence-electron chi connectivity index (χ2n) is 6.29. The number of hydrogen-bond acceptors (Lipinski definition) is 6. The number of nitrogens with two attached hydrogens (primary N) is 1. The number of hydrogen-bond donors (Lipinski definition) is 1. The largest absolute Gasteiger partial charge is 0.381 e. The fraction of sp³-hybridized carbons (Fsp3) is 0.688. The van der Waals surface area contributed by atoms with Gasteiger partial charge < -0.3 is 15.5 Å². The molecule has 22 heavy (non-hydrogen) atoms. The molecular formula is C16H24N6. The molecule has 1 aromatic rings. The van der Waals surface area contributed by atoms with Gasteiger partial charge in [0.1, 0.15) is 6.07 Å². The van der Waals surface area contributed by atoms with Gasteiger partial charge in [0.2, 0.25) is 0 Å². The smallest absolute Gasteiger partial charge is 0.183 e. The molecule has 0 unspecified atom stereocenters. The van der Waals surface area contributed by atoms with Crippen molar-refractivity contribution < 1.29 is 0 Å². The van der Waals surface area contributed by atoms with Gasteiger partial charge in [0.15, 0.2) is 17.3 Å². The average molecular weight is 300 g/mol. The van der Waals surface area contributed by atoms with Gasteiger partial charge in [0.05, 0.1) is 5.69 Å². The summed E-state index contributed by atoms with van der Waals surface area (Å²) in [7, 11) is 0. The molecule has 0 atom stereocenters. The van der Waals surface area contributed by atoms with Crippen LogP contribution in [0.4, 0.5) is 11.6 Å². The van der Waals surface area contributed by atoms with Gasteiger partial charge in [-0.3, -0.25) is 0 Å². The van der Waals surface area contributed by atoms with Crippen LogP contribution in [0.3, 0.4) is 0 Å². The third-order valence-electron chi connectivity index (χ3n) is 4.85. The van der Waals surface area contributed by atoms with Crippen molar-refractivity contribution in [3.05, 3.63) is 11.4 Å². The van der Waals surface area contributed by atoms with Gasteiger partial charge in [0, 0.05) is 19.1 Å². The van der Waals surface area contributed by atoms with Crippen LogP contribution in [0.2, 0.25) is 0 Å². The Bertz CT molecular complexity index is 565. The molecule has 2 fully saturated rings. The van der Waals surface area contributed by atoms with Gasteiger partial charge in [-0.2, -0.15) is 5.26 Å². The summed E-state index contributed by atoms with van der Waals surface area (Å²) in [6.07, 6.45) is 6.41. The quantitative estimate of drug-likeness (QED) is 0.895. The average Bonchev–Trinajstić information content (AvgIpc) is 2.57. The molecule has 0 bridgehead atoms. The Morgan fingerprint density at radius 1 is 1.09 bits per heavy atom. The zero-order valence-corrected chi connectivity index (χ0v) is 13.3. The van der Waals surface area contributed by atoms with Crippen LogP contribution in [0.1, 0.15) is 43.5 Å². The highest BCUT2D eigenvalue weighted by Gasteiger charge is 2.27. The summed E-state index contributed by atoms with van der Waals surface area (Å²) in [6.45, 7) is 6.39. The lowest BCUT2D eigenvalue weighted by Crippen LogP contribution is -2.47. The molecule has 6 nitrogen and oxygen atoms in total. The molecule has 3 heterocycles. The molecule has 6 heteroatoms. The lowest BCUT2D eigenvalue weighted by Gasteiger charge is -2.40. The second-order valence-corrected chi connectivity index (χ2v) is 6.29. The summed E-state index contributed by atoms with van der Waals surface area (Å²) in [5.41, 5.74) is 6.84. The van der Waals surface area contributed by atoms with E-state index < -0.39 is 0 Å². The summed E-state index contributed by atoms with van der Waals surface area (Å²) < 4.78 is 0. The van der Waals surface area contributed by atoms with Crippen LogP contribution < -0.4 is 10.6 Å². The minimum atomic E-state index is 0.226. The molecule has 0 amide bonds. The molecule has 0 aliphatic carbocycles. The van der Waals surface area contributed by atoms with Crippen LogP contribution in [-0.4, -0.2) is 47.1 Å². The molecular weight excluding hydrogens is 276 g/mol. The summed E-state index contributed by atoms with van der Waals surface area (Å²) in [5.74, 6) is 1.08. The predicted molar refractivity (Wildman–Crippen MR) is 86.6 cm³/mol. The Hall–Kier alpha value is -1.87. The second kappa shape index (κ2) is 6.49. The van der Waals surface area contributed by atoms with Crippen molar-refractivity contribution in [3.8, 4) is 6.07 Å². The van der Waals surface area contributed by atoms with Crippen LogP contribution in [-0.2, 0) is 0 Å². The number of aromatic nitrogens is 2. The van der Waals surface area contributed by atoms with E-state index in [9.17, 15) is 0 Å². The van der Waals surface area contributed by atoms with E-state index in [4.69, 9.17) is 11.0 Å². The maximum Gasteiger partial charge on any atom is 0.183 e. The SMILES string of the molecule is Cc1nc(C#N)c(N)nc1N1CCC(N2CCCCC2)CC1. The van der Waals surface area contributed by atoms with E-state index >= 15 is 0 Å². The van der Waals surface area contributed by atoms with Crippen molar-refractivity contribution in [2.75, 3.05) is 36.8 Å². The number of nitriles is 1. The van der Waals surface area contributed by atoms with Gasteiger partial charge in [-0.05, 0) is 45.7 Å². The maximum absolute atomic E-state index is 8.97. The number of nitrogen functional groups attached to an aromatic ring is 1. The van der Waals surface area contributed by atoms with Crippen molar-refractivity contribution >= 4 is 11.6 Å². The number of nitrogens with zero attached hydrogens (tertiary/aromatic N) is 5. The van der Waals surface area contributed by atoms with E-state index in [-0.39, 0.29) is 11.5 Å². The first-order valence-corrected chi connectivity index (χ1v) is 8.22. The molecule has 0 spiro atoms. The van der Waals surface area contributed by atoms with E-state index in [0.29, 0.717) is 6.04 Å². The third-order valence-corrected chi connectivity index (χ3v) is 4.85. The summed E-state index contributed by atoms with van der Waals surface area (Å²) in [5, 5.41) is 8.97. The first kappa shape index (κ1) is 15.0. The zero-order valence-electron chi connectivity index (χ0n) is 13.3.